The topological polar surface area (TPSA) is 108 Å². The number of amides is 1. The summed E-state index contributed by atoms with van der Waals surface area (Å²) in [7, 11) is 1.26. The van der Waals surface area contributed by atoms with Gasteiger partial charge in [-0.2, -0.15) is 0 Å². The van der Waals surface area contributed by atoms with Gasteiger partial charge >= 0.3 is 0 Å². The number of quaternary nitrogens is 1. The number of aliphatic hydroxyl groups is 1. The molecule has 0 saturated heterocycles. The predicted octanol–water partition coefficient (Wildman–Crippen LogP) is 22.5. The van der Waals surface area contributed by atoms with Crippen LogP contribution in [0.3, 0.4) is 0 Å². The normalized spacial score (nSPS) is 14.0. The van der Waals surface area contributed by atoms with E-state index in [1.54, 1.807) is 6.08 Å². The molecular formula is C74H141N2O6P. The van der Waals surface area contributed by atoms with Crippen LogP contribution in [0.25, 0.3) is 0 Å². The van der Waals surface area contributed by atoms with E-state index >= 15 is 0 Å². The van der Waals surface area contributed by atoms with Crippen LogP contribution in [-0.4, -0.2) is 68.5 Å². The minimum atomic E-state index is -4.61. The second-order valence-electron chi connectivity index (χ2n) is 25.9. The van der Waals surface area contributed by atoms with Gasteiger partial charge in [0.1, 0.15) is 13.2 Å². The number of hydrogen-bond donors (Lipinski definition) is 2. The van der Waals surface area contributed by atoms with Crippen LogP contribution < -0.4 is 10.2 Å². The lowest BCUT2D eigenvalue weighted by atomic mass is 10.0. The molecule has 0 radical (unpaired) electrons. The van der Waals surface area contributed by atoms with Gasteiger partial charge in [0.15, 0.2) is 0 Å². The molecule has 0 bridgehead atoms. The maximum Gasteiger partial charge on any atom is 0.268 e. The van der Waals surface area contributed by atoms with E-state index in [1.807, 2.05) is 27.2 Å². The van der Waals surface area contributed by atoms with E-state index in [9.17, 15) is 19.4 Å². The van der Waals surface area contributed by atoms with Crippen molar-refractivity contribution < 1.29 is 32.9 Å². The second-order valence-corrected chi connectivity index (χ2v) is 27.3. The van der Waals surface area contributed by atoms with Crippen molar-refractivity contribution in [3.05, 3.63) is 60.8 Å². The minimum absolute atomic E-state index is 0.00548. The van der Waals surface area contributed by atoms with Crippen molar-refractivity contribution in [1.82, 2.24) is 5.32 Å². The molecule has 0 heterocycles. The first-order valence-electron chi connectivity index (χ1n) is 36.2. The molecule has 0 aliphatic rings. The molecule has 0 fully saturated rings. The number of allylic oxidation sites excluding steroid dienone is 9. The van der Waals surface area contributed by atoms with Crippen LogP contribution in [0.4, 0.5) is 0 Å². The summed E-state index contributed by atoms with van der Waals surface area (Å²) in [5.74, 6) is -0.201. The number of carbonyl (C=O) groups excluding carboxylic acids is 1. The lowest BCUT2D eigenvalue weighted by molar-refractivity contribution is -0.870. The van der Waals surface area contributed by atoms with Gasteiger partial charge in [-0.3, -0.25) is 9.36 Å². The quantitative estimate of drug-likeness (QED) is 0.0272. The molecular weight excluding hydrogens is 1040 g/mol. The molecule has 0 aromatic heterocycles. The van der Waals surface area contributed by atoms with Gasteiger partial charge in [-0.1, -0.05) is 338 Å². The fraction of sp³-hybridized carbons (Fsp3) is 0.851. The van der Waals surface area contributed by atoms with Crippen LogP contribution in [-0.2, 0) is 18.4 Å². The van der Waals surface area contributed by atoms with E-state index in [1.165, 1.54) is 283 Å². The molecule has 0 aliphatic carbocycles. The number of rotatable bonds is 67. The first-order chi connectivity index (χ1) is 40.5. The molecule has 0 rings (SSSR count). The summed E-state index contributed by atoms with van der Waals surface area (Å²) in [4.78, 5) is 25.6. The summed E-state index contributed by atoms with van der Waals surface area (Å²) in [6.45, 7) is 4.66. The summed E-state index contributed by atoms with van der Waals surface area (Å²) in [5, 5.41) is 13.9. The van der Waals surface area contributed by atoms with E-state index in [2.05, 4.69) is 67.8 Å². The van der Waals surface area contributed by atoms with Crippen molar-refractivity contribution in [2.24, 2.45) is 0 Å². The summed E-state index contributed by atoms with van der Waals surface area (Å²) in [6, 6.07) is -0.904. The third kappa shape index (κ3) is 67.6. The van der Waals surface area contributed by atoms with Gasteiger partial charge in [0.05, 0.1) is 39.9 Å². The van der Waals surface area contributed by atoms with Crippen LogP contribution in [0.15, 0.2) is 60.8 Å². The van der Waals surface area contributed by atoms with Crippen LogP contribution >= 0.6 is 7.82 Å². The summed E-state index contributed by atoms with van der Waals surface area (Å²) in [6.07, 6.45) is 89.3. The number of phosphoric ester groups is 1. The molecule has 1 amide bonds. The molecule has 83 heavy (non-hydrogen) atoms. The maximum absolute atomic E-state index is 13.0. The number of nitrogens with zero attached hydrogens (tertiary/aromatic N) is 1. The molecule has 488 valence electrons. The first kappa shape index (κ1) is 81.2. The van der Waals surface area contributed by atoms with Gasteiger partial charge in [-0.15, -0.1) is 0 Å². The molecule has 0 aromatic carbocycles. The van der Waals surface area contributed by atoms with E-state index in [4.69, 9.17) is 9.05 Å². The molecule has 3 atom stereocenters. The van der Waals surface area contributed by atoms with Crippen LogP contribution in [0.2, 0.25) is 0 Å². The van der Waals surface area contributed by atoms with E-state index in [0.717, 1.165) is 51.4 Å². The molecule has 2 N–H and O–H groups in total. The van der Waals surface area contributed by atoms with Crippen molar-refractivity contribution in [3.63, 3.8) is 0 Å². The van der Waals surface area contributed by atoms with Gasteiger partial charge in [-0.25, -0.2) is 0 Å². The average molecular weight is 1190 g/mol. The Balaban J connectivity index is 3.98. The van der Waals surface area contributed by atoms with Gasteiger partial charge in [0, 0.05) is 6.42 Å². The van der Waals surface area contributed by atoms with Crippen LogP contribution in [0.5, 0.6) is 0 Å². The number of likely N-dealkylation sites (N-methyl/N-ethyl adjacent to an activating group) is 1. The maximum atomic E-state index is 13.0. The standard InChI is InChI=1S/C74H141N2O6P/c1-6-8-10-12-14-16-18-20-22-24-26-28-30-31-32-33-34-35-36-37-38-39-40-41-42-43-44-45-46-48-50-52-54-56-58-60-62-64-66-68-74(78)75-72(71-82-83(79,80)81-70-69-76(3,4)5)73(77)67-65-63-61-59-57-55-53-51-49-47-29-27-25-23-21-19-17-15-13-11-9-7-2/h18,20,24,26,30-31,57,59,65,67,72-73,77H,6-17,19,21-23,25,27-29,32-56,58,60-64,66,68-71H2,1-5H3,(H-,75,78,79,80)/b20-18-,26-24-,31-30-,59-57+,67-65+. The lowest BCUT2D eigenvalue weighted by Crippen LogP contribution is -2.45. The van der Waals surface area contributed by atoms with Crippen LogP contribution in [0.1, 0.15) is 354 Å². The molecule has 0 aliphatic heterocycles. The fourth-order valence-electron chi connectivity index (χ4n) is 10.8. The third-order valence-corrected chi connectivity index (χ3v) is 17.4. The van der Waals surface area contributed by atoms with Crippen molar-refractivity contribution in [3.8, 4) is 0 Å². The number of nitrogens with one attached hydrogen (secondary N) is 1. The zero-order valence-electron chi connectivity index (χ0n) is 55.9. The average Bonchev–Trinajstić information content (AvgIpc) is 3.50. The highest BCUT2D eigenvalue weighted by molar-refractivity contribution is 7.45. The zero-order valence-corrected chi connectivity index (χ0v) is 56.8. The number of aliphatic hydroxyl groups excluding tert-OH is 1. The van der Waals surface area contributed by atoms with Gasteiger partial charge in [0.2, 0.25) is 5.91 Å². The Hall–Kier alpha value is -1.80. The second kappa shape index (κ2) is 64.7. The predicted molar refractivity (Wildman–Crippen MR) is 362 cm³/mol. The van der Waals surface area contributed by atoms with Crippen molar-refractivity contribution >= 4 is 13.7 Å². The summed E-state index contributed by atoms with van der Waals surface area (Å²) in [5.41, 5.74) is 0. The Morgan fingerprint density at radius 3 is 1.06 bits per heavy atom. The molecule has 0 saturated carbocycles. The Labute approximate surface area is 517 Å². The van der Waals surface area contributed by atoms with Crippen LogP contribution in [0, 0.1) is 0 Å². The fourth-order valence-corrected chi connectivity index (χ4v) is 11.6. The SMILES string of the molecule is CCCCCCC/C=C\C/C=C\C/C=C\CCCCCCCCCCCCCCCCCCCCCCCCCCC(=O)NC(COP(=O)([O-])OCC[N+](C)(C)C)C(O)/C=C/CC/C=C/CCCCCCCCCCCCCCCCCC. The molecule has 8 nitrogen and oxygen atoms in total. The third-order valence-electron chi connectivity index (χ3n) is 16.4. The Bertz CT molecular complexity index is 1540. The van der Waals surface area contributed by atoms with E-state index < -0.39 is 26.6 Å². The van der Waals surface area contributed by atoms with E-state index in [0.29, 0.717) is 17.4 Å². The minimum Gasteiger partial charge on any atom is -0.756 e. The lowest BCUT2D eigenvalue weighted by Gasteiger charge is -2.29. The van der Waals surface area contributed by atoms with Gasteiger partial charge in [0.25, 0.3) is 7.82 Å². The smallest absolute Gasteiger partial charge is 0.268 e. The van der Waals surface area contributed by atoms with E-state index in [-0.39, 0.29) is 12.5 Å². The number of unbranched alkanes of at least 4 members (excludes halogenated alkanes) is 46. The van der Waals surface area contributed by atoms with Gasteiger partial charge < -0.3 is 28.8 Å². The number of phosphoric acid groups is 1. The first-order valence-corrected chi connectivity index (χ1v) is 37.6. The highest BCUT2D eigenvalue weighted by Gasteiger charge is 2.23. The number of hydrogen-bond acceptors (Lipinski definition) is 6. The van der Waals surface area contributed by atoms with Crippen molar-refractivity contribution in [2.75, 3.05) is 40.9 Å². The van der Waals surface area contributed by atoms with Gasteiger partial charge in [-0.05, 0) is 70.6 Å². The molecule has 9 heteroatoms. The molecule has 3 unspecified atom stereocenters. The largest absolute Gasteiger partial charge is 0.756 e. The summed E-state index contributed by atoms with van der Waals surface area (Å²) >= 11 is 0. The molecule has 0 aromatic rings. The van der Waals surface area contributed by atoms with Crippen molar-refractivity contribution in [1.29, 1.82) is 0 Å². The summed E-state index contributed by atoms with van der Waals surface area (Å²) < 4.78 is 23.4. The Kier molecular flexibility index (Phi) is 63.3. The Morgan fingerprint density at radius 1 is 0.422 bits per heavy atom. The highest BCUT2D eigenvalue weighted by Crippen LogP contribution is 2.38. The number of carbonyl (C=O) groups is 1. The monoisotopic (exact) mass is 1190 g/mol. The van der Waals surface area contributed by atoms with Crippen molar-refractivity contribution in [2.45, 2.75) is 366 Å². The molecule has 0 spiro atoms. The Morgan fingerprint density at radius 2 is 0.711 bits per heavy atom. The zero-order chi connectivity index (χ0) is 60.5. The highest BCUT2D eigenvalue weighted by atomic mass is 31.2.